The van der Waals surface area contributed by atoms with Crippen molar-refractivity contribution in [3.8, 4) is 0 Å². The summed E-state index contributed by atoms with van der Waals surface area (Å²) in [5.74, 6) is 0.683. The number of nitrogens with zero attached hydrogens (tertiary/aromatic N) is 1. The fraction of sp³-hybridized carbons (Fsp3) is 0.350. The summed E-state index contributed by atoms with van der Waals surface area (Å²) in [4.78, 5) is 4.66. The summed E-state index contributed by atoms with van der Waals surface area (Å²) in [7, 11) is -3.71. The number of aliphatic imine (C=N–C) groups is 1. The molecule has 0 aliphatic heterocycles. The number of hydrogen-bond acceptors (Lipinski definition) is 3. The highest BCUT2D eigenvalue weighted by atomic mass is 32.2. The molecule has 7 heteroatoms. The second-order valence-corrected chi connectivity index (χ2v) is 8.55. The van der Waals surface area contributed by atoms with Crippen molar-refractivity contribution in [3.05, 3.63) is 65.7 Å². The van der Waals surface area contributed by atoms with Gasteiger partial charge in [0.1, 0.15) is 0 Å². The van der Waals surface area contributed by atoms with Crippen molar-refractivity contribution in [2.45, 2.75) is 37.6 Å². The number of primary sulfonamides is 1. The molecule has 0 radical (unpaired) electrons. The van der Waals surface area contributed by atoms with Crippen LogP contribution < -0.4 is 15.8 Å². The second kappa shape index (κ2) is 9.01. The van der Waals surface area contributed by atoms with E-state index in [0.29, 0.717) is 19.0 Å². The molecule has 146 valence electrons. The van der Waals surface area contributed by atoms with E-state index in [1.165, 1.54) is 11.6 Å². The van der Waals surface area contributed by atoms with Gasteiger partial charge >= 0.3 is 0 Å². The average Bonchev–Trinajstić information content (AvgIpc) is 2.64. The number of benzene rings is 2. The van der Waals surface area contributed by atoms with Crippen LogP contribution in [-0.2, 0) is 22.0 Å². The van der Waals surface area contributed by atoms with Crippen molar-refractivity contribution in [1.82, 2.24) is 10.6 Å². The summed E-state index contributed by atoms with van der Waals surface area (Å²) >= 11 is 0. The van der Waals surface area contributed by atoms with Gasteiger partial charge in [0.2, 0.25) is 10.0 Å². The molecule has 2 aromatic carbocycles. The molecule has 0 aromatic heterocycles. The molecule has 0 spiro atoms. The number of nitrogens with two attached hydrogens (primary N) is 1. The first-order valence-electron chi connectivity index (χ1n) is 8.92. The zero-order chi connectivity index (χ0) is 19.9. The Bertz CT molecular complexity index is 878. The van der Waals surface area contributed by atoms with Crippen LogP contribution in [0.25, 0.3) is 0 Å². The third-order valence-electron chi connectivity index (χ3n) is 4.24. The van der Waals surface area contributed by atoms with Gasteiger partial charge in [0, 0.05) is 18.5 Å². The van der Waals surface area contributed by atoms with E-state index in [1.54, 1.807) is 12.1 Å². The number of sulfonamides is 1. The number of guanidine groups is 1. The summed E-state index contributed by atoms with van der Waals surface area (Å²) < 4.78 is 23.0. The van der Waals surface area contributed by atoms with E-state index in [2.05, 4.69) is 41.6 Å². The Morgan fingerprint density at radius 2 is 1.78 bits per heavy atom. The molecule has 0 amide bonds. The van der Waals surface area contributed by atoms with Gasteiger partial charge < -0.3 is 10.6 Å². The van der Waals surface area contributed by atoms with Gasteiger partial charge in [-0.3, -0.25) is 0 Å². The van der Waals surface area contributed by atoms with Crippen LogP contribution in [0, 0.1) is 0 Å². The Morgan fingerprint density at radius 3 is 2.41 bits per heavy atom. The molecular formula is C20H28N4O2S. The minimum Gasteiger partial charge on any atom is -0.357 e. The smallest absolute Gasteiger partial charge is 0.238 e. The highest BCUT2D eigenvalue weighted by Gasteiger charge is 2.20. The number of rotatable bonds is 7. The molecule has 0 unspecified atom stereocenters. The van der Waals surface area contributed by atoms with Gasteiger partial charge in [-0.1, -0.05) is 56.3 Å². The maximum absolute atomic E-state index is 11.5. The Hall–Kier alpha value is -2.38. The SMILES string of the molecule is CCNC(=NCc1cccc(S(N)(=O)=O)c1)NCC(C)(C)c1ccccc1. The molecule has 0 fully saturated rings. The first kappa shape index (κ1) is 20.9. The summed E-state index contributed by atoms with van der Waals surface area (Å²) in [5.41, 5.74) is 1.96. The van der Waals surface area contributed by atoms with E-state index < -0.39 is 10.0 Å². The van der Waals surface area contributed by atoms with Crippen LogP contribution in [0.3, 0.4) is 0 Å². The van der Waals surface area contributed by atoms with Crippen LogP contribution in [-0.4, -0.2) is 27.5 Å². The molecule has 0 saturated heterocycles. The van der Waals surface area contributed by atoms with Crippen molar-refractivity contribution < 1.29 is 8.42 Å². The van der Waals surface area contributed by atoms with Crippen LogP contribution in [0.4, 0.5) is 0 Å². The summed E-state index contributed by atoms with van der Waals surface area (Å²) in [6.07, 6.45) is 0. The minimum absolute atomic E-state index is 0.0645. The van der Waals surface area contributed by atoms with Crippen molar-refractivity contribution in [2.75, 3.05) is 13.1 Å². The predicted octanol–water partition coefficient (Wildman–Crippen LogP) is 2.37. The molecule has 6 nitrogen and oxygen atoms in total. The Labute approximate surface area is 162 Å². The Balaban J connectivity index is 2.08. The highest BCUT2D eigenvalue weighted by molar-refractivity contribution is 7.89. The van der Waals surface area contributed by atoms with Crippen molar-refractivity contribution in [2.24, 2.45) is 10.1 Å². The van der Waals surface area contributed by atoms with Gasteiger partial charge in [-0.05, 0) is 30.2 Å². The maximum atomic E-state index is 11.5. The summed E-state index contributed by atoms with van der Waals surface area (Å²) in [5, 5.41) is 11.8. The van der Waals surface area contributed by atoms with Crippen molar-refractivity contribution in [3.63, 3.8) is 0 Å². The molecule has 0 aliphatic rings. The van der Waals surface area contributed by atoms with E-state index in [9.17, 15) is 8.42 Å². The van der Waals surface area contributed by atoms with E-state index in [0.717, 1.165) is 12.1 Å². The molecule has 0 atom stereocenters. The van der Waals surface area contributed by atoms with Crippen molar-refractivity contribution >= 4 is 16.0 Å². The molecule has 0 aliphatic carbocycles. The van der Waals surface area contributed by atoms with Gasteiger partial charge in [-0.2, -0.15) is 0 Å². The Morgan fingerprint density at radius 1 is 1.07 bits per heavy atom. The molecule has 2 aromatic rings. The lowest BCUT2D eigenvalue weighted by molar-refractivity contribution is 0.508. The van der Waals surface area contributed by atoms with E-state index in [1.807, 2.05) is 31.2 Å². The average molecular weight is 389 g/mol. The van der Waals surface area contributed by atoms with Gasteiger partial charge in [0.15, 0.2) is 5.96 Å². The standard InChI is InChI=1S/C20H28N4O2S/c1-4-22-19(24-15-20(2,3)17-10-6-5-7-11-17)23-14-16-9-8-12-18(13-16)27(21,25)26/h5-13H,4,14-15H2,1-3H3,(H2,21,25,26)(H2,22,23,24). The van der Waals surface area contributed by atoms with Gasteiger partial charge in [0.25, 0.3) is 0 Å². The third kappa shape index (κ3) is 6.37. The maximum Gasteiger partial charge on any atom is 0.238 e. The van der Waals surface area contributed by atoms with Crippen LogP contribution in [0.5, 0.6) is 0 Å². The fourth-order valence-electron chi connectivity index (χ4n) is 2.63. The van der Waals surface area contributed by atoms with Gasteiger partial charge in [-0.25, -0.2) is 18.5 Å². The zero-order valence-electron chi connectivity index (χ0n) is 16.1. The lowest BCUT2D eigenvalue weighted by atomic mass is 9.85. The van der Waals surface area contributed by atoms with Crippen LogP contribution in [0.15, 0.2) is 64.5 Å². The molecular weight excluding hydrogens is 360 g/mol. The quantitative estimate of drug-likeness (QED) is 0.501. The van der Waals surface area contributed by atoms with E-state index in [-0.39, 0.29) is 10.3 Å². The topological polar surface area (TPSA) is 96.6 Å². The first-order valence-corrected chi connectivity index (χ1v) is 10.5. The molecule has 4 N–H and O–H groups in total. The molecule has 0 bridgehead atoms. The number of hydrogen-bond donors (Lipinski definition) is 3. The molecule has 0 heterocycles. The lowest BCUT2D eigenvalue weighted by Gasteiger charge is -2.26. The van der Waals surface area contributed by atoms with E-state index >= 15 is 0 Å². The third-order valence-corrected chi connectivity index (χ3v) is 5.15. The summed E-state index contributed by atoms with van der Waals surface area (Å²) in [6, 6.07) is 16.8. The first-order chi connectivity index (χ1) is 12.7. The monoisotopic (exact) mass is 388 g/mol. The van der Waals surface area contributed by atoms with Crippen LogP contribution >= 0.6 is 0 Å². The largest absolute Gasteiger partial charge is 0.357 e. The second-order valence-electron chi connectivity index (χ2n) is 6.99. The molecule has 0 saturated carbocycles. The predicted molar refractivity (Wildman–Crippen MR) is 110 cm³/mol. The minimum atomic E-state index is -3.71. The lowest BCUT2D eigenvalue weighted by Crippen LogP contribution is -2.43. The highest BCUT2D eigenvalue weighted by Crippen LogP contribution is 2.21. The summed E-state index contributed by atoms with van der Waals surface area (Å²) in [6.45, 7) is 8.14. The van der Waals surface area contributed by atoms with E-state index in [4.69, 9.17) is 5.14 Å². The van der Waals surface area contributed by atoms with Crippen LogP contribution in [0.2, 0.25) is 0 Å². The van der Waals surface area contributed by atoms with Gasteiger partial charge in [-0.15, -0.1) is 0 Å². The van der Waals surface area contributed by atoms with Gasteiger partial charge in [0.05, 0.1) is 11.4 Å². The van der Waals surface area contributed by atoms with Crippen LogP contribution in [0.1, 0.15) is 31.9 Å². The molecule has 27 heavy (non-hydrogen) atoms. The molecule has 2 rings (SSSR count). The fourth-order valence-corrected chi connectivity index (χ4v) is 3.21. The Kier molecular flexibility index (Phi) is 6.98. The van der Waals surface area contributed by atoms with Crippen molar-refractivity contribution in [1.29, 1.82) is 0 Å². The normalized spacial score (nSPS) is 12.7. The zero-order valence-corrected chi connectivity index (χ0v) is 16.9. The number of nitrogens with one attached hydrogen (secondary N) is 2.